The van der Waals surface area contributed by atoms with Crippen molar-refractivity contribution < 1.29 is 23.0 Å². The first kappa shape index (κ1) is 18.4. The van der Waals surface area contributed by atoms with Crippen molar-refractivity contribution in [3.05, 3.63) is 57.6 Å². The van der Waals surface area contributed by atoms with Crippen LogP contribution >= 0.6 is 0 Å². The van der Waals surface area contributed by atoms with Crippen LogP contribution in [0.25, 0.3) is 4.85 Å². The maximum Gasteiger partial charge on any atom is 0.416 e. The molecule has 0 spiro atoms. The standard InChI is InChI=1S/C20H16F3N3O2/c1-10-4-12(20(21,22)23)5-17(27)18(10)16-3-2-11(19(24)26-16)6-25-7-13-14-8-28-9-15(13)14/h2-6,13-15H,8-9H2,1H3,(H-,24,26,27)/p+1/b11-6-/t13?,14-,15+. The fraction of sp³-hybridized carbons (Fsp3) is 0.350. The topological polar surface area (TPSA) is 70.0 Å². The number of ether oxygens (including phenoxy) is 1. The van der Waals surface area contributed by atoms with Gasteiger partial charge in [0.15, 0.2) is 5.84 Å². The van der Waals surface area contributed by atoms with Gasteiger partial charge in [-0.2, -0.15) is 13.2 Å². The van der Waals surface area contributed by atoms with Crippen molar-refractivity contribution in [2.24, 2.45) is 22.7 Å². The Morgan fingerprint density at radius 1 is 1.29 bits per heavy atom. The number of alkyl halides is 3. The van der Waals surface area contributed by atoms with E-state index in [-0.39, 0.29) is 22.7 Å². The first-order valence-electron chi connectivity index (χ1n) is 8.76. The highest BCUT2D eigenvalue weighted by Crippen LogP contribution is 2.50. The number of aromatic hydroxyl groups is 1. The molecule has 0 amide bonds. The highest BCUT2D eigenvalue weighted by molar-refractivity contribution is 6.21. The molecule has 3 aliphatic rings. The number of dihydropyridines is 1. The smallest absolute Gasteiger partial charge is 0.416 e. The molecule has 5 nitrogen and oxygen atoms in total. The average molecular weight is 388 g/mol. The lowest BCUT2D eigenvalue weighted by Gasteiger charge is -2.15. The van der Waals surface area contributed by atoms with Crippen molar-refractivity contribution in [2.75, 3.05) is 13.2 Å². The second-order valence-corrected chi connectivity index (χ2v) is 7.10. The van der Waals surface area contributed by atoms with Crippen molar-refractivity contribution in [3.8, 4) is 11.8 Å². The van der Waals surface area contributed by atoms with Gasteiger partial charge in [-0.3, -0.25) is 5.41 Å². The number of amidine groups is 1. The predicted octanol–water partition coefficient (Wildman–Crippen LogP) is 4.16. The van der Waals surface area contributed by atoms with E-state index >= 15 is 0 Å². The number of benzene rings is 1. The highest BCUT2D eigenvalue weighted by Gasteiger charge is 2.57. The molecule has 2 N–H and O–H groups in total. The van der Waals surface area contributed by atoms with Crippen LogP contribution in [0.2, 0.25) is 0 Å². The number of hydrogen-bond donors (Lipinski definition) is 2. The van der Waals surface area contributed by atoms with Gasteiger partial charge in [-0.25, -0.2) is 4.99 Å². The van der Waals surface area contributed by atoms with Crippen LogP contribution in [0, 0.1) is 36.2 Å². The summed E-state index contributed by atoms with van der Waals surface area (Å²) in [4.78, 5) is 8.27. The Labute approximate surface area is 159 Å². The molecule has 1 aromatic carbocycles. The van der Waals surface area contributed by atoms with Gasteiger partial charge in [-0.05, 0) is 41.6 Å². The Morgan fingerprint density at radius 3 is 2.61 bits per heavy atom. The van der Waals surface area contributed by atoms with E-state index < -0.39 is 17.5 Å². The van der Waals surface area contributed by atoms with E-state index in [1.807, 2.05) is 0 Å². The molecule has 3 atom stereocenters. The molecule has 0 radical (unpaired) electrons. The normalized spacial score (nSPS) is 27.3. The molecule has 4 rings (SSSR count). The number of fused-ring (bicyclic) bond motifs is 1. The molecule has 2 aliphatic heterocycles. The molecule has 1 aliphatic carbocycles. The summed E-state index contributed by atoms with van der Waals surface area (Å²) in [6.07, 6.45) is 0.0966. The summed E-state index contributed by atoms with van der Waals surface area (Å²) in [6, 6.07) is 4.68. The molecule has 144 valence electrons. The second kappa shape index (κ2) is 6.60. The van der Waals surface area contributed by atoms with Crippen molar-refractivity contribution in [3.63, 3.8) is 0 Å². The minimum absolute atomic E-state index is 0.0823. The SMILES string of the molecule is Cc1cc(C(F)(F)F)cc(O)c1C1=NC(=N)/C(=C\[N+]#CC2[C@H]3COC[C@@H]23)C=C1. The van der Waals surface area contributed by atoms with Crippen molar-refractivity contribution in [1.82, 2.24) is 0 Å². The minimum atomic E-state index is -4.55. The monoisotopic (exact) mass is 388 g/mol. The first-order valence-corrected chi connectivity index (χ1v) is 8.76. The largest absolute Gasteiger partial charge is 0.507 e. The first-order chi connectivity index (χ1) is 13.3. The zero-order valence-corrected chi connectivity index (χ0v) is 14.9. The van der Waals surface area contributed by atoms with Crippen LogP contribution < -0.4 is 0 Å². The van der Waals surface area contributed by atoms with Gasteiger partial charge < -0.3 is 9.84 Å². The Morgan fingerprint density at radius 2 is 2.00 bits per heavy atom. The van der Waals surface area contributed by atoms with Gasteiger partial charge in [0.2, 0.25) is 0 Å². The number of aliphatic imine (C=N–C) groups is 1. The second-order valence-electron chi connectivity index (χ2n) is 7.10. The number of nitrogens with one attached hydrogen (secondary N) is 1. The van der Waals surface area contributed by atoms with Gasteiger partial charge in [-0.15, -0.1) is 0 Å². The maximum atomic E-state index is 12.9. The molecule has 8 heteroatoms. The van der Waals surface area contributed by atoms with Gasteiger partial charge in [0, 0.05) is 17.4 Å². The predicted molar refractivity (Wildman–Crippen MR) is 97.9 cm³/mol. The third kappa shape index (κ3) is 3.34. The van der Waals surface area contributed by atoms with Crippen LogP contribution in [0.1, 0.15) is 16.7 Å². The number of phenols is 1. The number of nitrogens with zero attached hydrogens (tertiary/aromatic N) is 2. The summed E-state index contributed by atoms with van der Waals surface area (Å²) >= 11 is 0. The molecule has 0 bridgehead atoms. The summed E-state index contributed by atoms with van der Waals surface area (Å²) < 4.78 is 43.9. The van der Waals surface area contributed by atoms with Gasteiger partial charge in [0.05, 0.1) is 24.5 Å². The Kier molecular flexibility index (Phi) is 4.35. The Hall–Kier alpha value is -2.92. The molecular formula is C20H17F3N3O2+. The molecule has 1 unspecified atom stereocenters. The lowest BCUT2D eigenvalue weighted by molar-refractivity contribution is -0.137. The molecule has 0 aromatic heterocycles. The van der Waals surface area contributed by atoms with E-state index in [1.54, 1.807) is 12.2 Å². The average Bonchev–Trinajstić information content (AvgIpc) is 3.03. The number of phenolic OH excluding ortho intramolecular Hbond substituents is 1. The summed E-state index contributed by atoms with van der Waals surface area (Å²) in [5.41, 5.74) is 0.163. The van der Waals surface area contributed by atoms with Crippen molar-refractivity contribution in [1.29, 1.82) is 5.41 Å². The number of aryl methyl sites for hydroxylation is 1. The van der Waals surface area contributed by atoms with E-state index in [1.165, 1.54) is 13.1 Å². The summed E-state index contributed by atoms with van der Waals surface area (Å²) in [5.74, 6) is 0.696. The van der Waals surface area contributed by atoms with Crippen molar-refractivity contribution >= 4 is 11.5 Å². The van der Waals surface area contributed by atoms with Crippen LogP contribution in [0.15, 0.2) is 41.1 Å². The quantitative estimate of drug-likeness (QED) is 0.758. The van der Waals surface area contributed by atoms with Gasteiger partial charge in [0.25, 0.3) is 6.07 Å². The number of rotatable bonds is 1. The van der Waals surface area contributed by atoms with Crippen LogP contribution in [0.5, 0.6) is 5.75 Å². The molecular weight excluding hydrogens is 371 g/mol. The fourth-order valence-corrected chi connectivity index (χ4v) is 3.60. The Bertz CT molecular complexity index is 979. The van der Waals surface area contributed by atoms with Crippen LogP contribution in [0.3, 0.4) is 0 Å². The van der Waals surface area contributed by atoms with Gasteiger partial charge in [0.1, 0.15) is 17.2 Å². The zero-order chi connectivity index (χ0) is 20.1. The molecule has 28 heavy (non-hydrogen) atoms. The summed E-state index contributed by atoms with van der Waals surface area (Å²) in [7, 11) is 0. The summed E-state index contributed by atoms with van der Waals surface area (Å²) in [5, 5.41) is 18.1. The molecule has 1 aromatic rings. The van der Waals surface area contributed by atoms with E-state index in [4.69, 9.17) is 10.1 Å². The molecule has 1 saturated carbocycles. The fourth-order valence-electron chi connectivity index (χ4n) is 3.60. The summed E-state index contributed by atoms with van der Waals surface area (Å²) in [6.45, 7) is 2.95. The molecule has 1 saturated heterocycles. The Balaban J connectivity index is 1.54. The van der Waals surface area contributed by atoms with E-state index in [0.29, 0.717) is 29.4 Å². The number of halogens is 3. The van der Waals surface area contributed by atoms with Gasteiger partial charge in [-0.1, -0.05) is 0 Å². The maximum absolute atomic E-state index is 12.9. The number of allylic oxidation sites excluding steroid dienone is 1. The van der Waals surface area contributed by atoms with E-state index in [0.717, 1.165) is 19.3 Å². The number of hydrogen-bond acceptors (Lipinski definition) is 3. The van der Waals surface area contributed by atoms with Crippen LogP contribution in [-0.2, 0) is 10.9 Å². The van der Waals surface area contributed by atoms with Crippen molar-refractivity contribution in [2.45, 2.75) is 13.1 Å². The molecule has 2 heterocycles. The molecule has 2 fully saturated rings. The minimum Gasteiger partial charge on any atom is -0.507 e. The van der Waals surface area contributed by atoms with Gasteiger partial charge >= 0.3 is 12.4 Å². The van der Waals surface area contributed by atoms with Crippen LogP contribution in [-0.4, -0.2) is 29.9 Å². The third-order valence-corrected chi connectivity index (χ3v) is 5.20. The lowest BCUT2D eigenvalue weighted by atomic mass is 9.97. The van der Waals surface area contributed by atoms with E-state index in [2.05, 4.69) is 15.9 Å². The third-order valence-electron chi connectivity index (χ3n) is 5.20. The lowest BCUT2D eigenvalue weighted by Crippen LogP contribution is -2.12. The zero-order valence-electron chi connectivity index (χ0n) is 14.9. The highest BCUT2D eigenvalue weighted by atomic mass is 19.4. The van der Waals surface area contributed by atoms with E-state index in [9.17, 15) is 18.3 Å². The van der Waals surface area contributed by atoms with Crippen LogP contribution in [0.4, 0.5) is 13.2 Å².